The van der Waals surface area contributed by atoms with Crippen LogP contribution in [0, 0.1) is 0 Å². The van der Waals surface area contributed by atoms with Gasteiger partial charge in [0.1, 0.15) is 0 Å². The van der Waals surface area contributed by atoms with E-state index in [0.717, 1.165) is 13.0 Å². The molecule has 0 saturated heterocycles. The van der Waals surface area contributed by atoms with Gasteiger partial charge in [-0.2, -0.15) is 0 Å². The lowest BCUT2D eigenvalue weighted by Gasteiger charge is -2.17. The molecule has 3 nitrogen and oxygen atoms in total. The fraction of sp³-hybridized carbons (Fsp3) is 0.857. The Bertz CT molecular complexity index is 334. The molecule has 0 bridgehead atoms. The van der Waals surface area contributed by atoms with Gasteiger partial charge in [0.05, 0.1) is 11.4 Å². The maximum Gasteiger partial charge on any atom is 0.0912 e. The summed E-state index contributed by atoms with van der Waals surface area (Å²) >= 11 is 0. The largest absolute Gasteiger partial charge is 0.249 e. The van der Waals surface area contributed by atoms with Crippen LogP contribution >= 0.6 is 0 Å². The molecule has 0 saturated carbocycles. The summed E-state index contributed by atoms with van der Waals surface area (Å²) in [6.45, 7) is 12.1. The Kier molecular flexibility index (Phi) is 5.16. The molecular weight excluding hydrogens is 210 g/mol. The van der Waals surface area contributed by atoms with E-state index >= 15 is 0 Å². The summed E-state index contributed by atoms with van der Waals surface area (Å²) in [5.41, 5.74) is 2.64. The third kappa shape index (κ3) is 3.83. The molecule has 0 aliphatic heterocycles. The van der Waals surface area contributed by atoms with Gasteiger partial charge < -0.3 is 0 Å². The van der Waals surface area contributed by atoms with Crippen LogP contribution in [0.1, 0.15) is 71.7 Å². The highest BCUT2D eigenvalue weighted by Crippen LogP contribution is 2.24. The Morgan fingerprint density at radius 3 is 2.24 bits per heavy atom. The first-order chi connectivity index (χ1) is 8.00. The van der Waals surface area contributed by atoms with Crippen molar-refractivity contribution in [3.05, 3.63) is 11.4 Å². The number of unbranched alkanes of at least 4 members (excludes halogenated alkanes) is 2. The van der Waals surface area contributed by atoms with E-state index in [1.165, 1.54) is 37.1 Å². The third-order valence-electron chi connectivity index (χ3n) is 3.04. The first kappa shape index (κ1) is 14.2. The van der Waals surface area contributed by atoms with Gasteiger partial charge >= 0.3 is 0 Å². The van der Waals surface area contributed by atoms with Gasteiger partial charge in [0.25, 0.3) is 0 Å². The molecule has 1 heterocycles. The fourth-order valence-electron chi connectivity index (χ4n) is 1.99. The smallest absolute Gasteiger partial charge is 0.0912 e. The van der Waals surface area contributed by atoms with E-state index in [1.54, 1.807) is 0 Å². The maximum absolute atomic E-state index is 4.41. The Balaban J connectivity index is 2.93. The number of nitrogens with zero attached hydrogens (tertiary/aromatic N) is 3. The van der Waals surface area contributed by atoms with Gasteiger partial charge in [-0.15, -0.1) is 5.10 Å². The minimum Gasteiger partial charge on any atom is -0.249 e. The zero-order valence-corrected chi connectivity index (χ0v) is 12.1. The predicted molar refractivity (Wildman–Crippen MR) is 72.2 cm³/mol. The van der Waals surface area contributed by atoms with Crippen LogP contribution < -0.4 is 0 Å². The lowest BCUT2D eigenvalue weighted by atomic mass is 9.89. The molecule has 0 atom stereocenters. The van der Waals surface area contributed by atoms with E-state index in [4.69, 9.17) is 0 Å². The Labute approximate surface area is 106 Å². The zero-order valence-electron chi connectivity index (χ0n) is 12.1. The van der Waals surface area contributed by atoms with Gasteiger partial charge in [0, 0.05) is 12.0 Å². The highest BCUT2D eigenvalue weighted by Gasteiger charge is 2.23. The van der Waals surface area contributed by atoms with E-state index < -0.39 is 0 Å². The normalized spacial score (nSPS) is 12.1. The maximum atomic E-state index is 4.41. The first-order valence-corrected chi connectivity index (χ1v) is 6.93. The summed E-state index contributed by atoms with van der Waals surface area (Å²) in [6, 6.07) is 0. The van der Waals surface area contributed by atoms with Crippen molar-refractivity contribution in [1.82, 2.24) is 15.0 Å². The van der Waals surface area contributed by atoms with Gasteiger partial charge in [-0.25, -0.2) is 4.68 Å². The lowest BCUT2D eigenvalue weighted by Crippen LogP contribution is -2.16. The summed E-state index contributed by atoms with van der Waals surface area (Å²) < 4.78 is 2.12. The summed E-state index contributed by atoms with van der Waals surface area (Å²) in [4.78, 5) is 0. The summed E-state index contributed by atoms with van der Waals surface area (Å²) in [6.07, 6.45) is 5.95. The first-order valence-electron chi connectivity index (χ1n) is 6.93. The second-order valence-electron chi connectivity index (χ2n) is 5.81. The van der Waals surface area contributed by atoms with Crippen molar-refractivity contribution >= 4 is 0 Å². The molecule has 0 aliphatic carbocycles. The molecule has 98 valence electrons. The predicted octanol–water partition coefficient (Wildman–Crippen LogP) is 3.72. The highest BCUT2D eigenvalue weighted by molar-refractivity contribution is 5.19. The molecule has 0 unspecified atom stereocenters. The molecule has 17 heavy (non-hydrogen) atoms. The molecule has 0 aliphatic rings. The Hall–Kier alpha value is -0.860. The quantitative estimate of drug-likeness (QED) is 0.755. The van der Waals surface area contributed by atoms with Crippen LogP contribution in [0.5, 0.6) is 0 Å². The van der Waals surface area contributed by atoms with Crippen molar-refractivity contribution in [1.29, 1.82) is 0 Å². The van der Waals surface area contributed by atoms with Gasteiger partial charge in [-0.3, -0.25) is 0 Å². The van der Waals surface area contributed by atoms with Crippen LogP contribution in [0.15, 0.2) is 0 Å². The molecule has 3 heteroatoms. The van der Waals surface area contributed by atoms with E-state index in [9.17, 15) is 0 Å². The molecule has 0 fully saturated rings. The van der Waals surface area contributed by atoms with Crippen molar-refractivity contribution < 1.29 is 0 Å². The molecule has 1 rings (SSSR count). The molecule has 1 aromatic rings. The highest BCUT2D eigenvalue weighted by atomic mass is 15.4. The van der Waals surface area contributed by atoms with E-state index in [1.807, 2.05) is 0 Å². The van der Waals surface area contributed by atoms with Crippen molar-refractivity contribution in [2.45, 2.75) is 78.7 Å². The number of aryl methyl sites for hydroxylation is 1. The topological polar surface area (TPSA) is 30.7 Å². The number of rotatable bonds is 6. The van der Waals surface area contributed by atoms with Gasteiger partial charge in [0.15, 0.2) is 0 Å². The lowest BCUT2D eigenvalue weighted by molar-refractivity contribution is 0.525. The third-order valence-corrected chi connectivity index (χ3v) is 3.04. The Morgan fingerprint density at radius 1 is 1.06 bits per heavy atom. The Morgan fingerprint density at radius 2 is 1.71 bits per heavy atom. The van der Waals surface area contributed by atoms with E-state index in [2.05, 4.69) is 49.6 Å². The standard InChI is InChI=1S/C14H27N3/c1-6-8-10-12-13(14(3,4)5)15-16-17(12)11-9-7-2/h6-11H2,1-5H3. The number of hydrogen-bond donors (Lipinski definition) is 0. The molecular formula is C14H27N3. The van der Waals surface area contributed by atoms with Gasteiger partial charge in [-0.05, 0) is 19.3 Å². The second kappa shape index (κ2) is 6.18. The minimum absolute atomic E-state index is 0.105. The fourth-order valence-corrected chi connectivity index (χ4v) is 1.99. The van der Waals surface area contributed by atoms with Crippen LogP contribution in [0.2, 0.25) is 0 Å². The molecule has 0 N–H and O–H groups in total. The van der Waals surface area contributed by atoms with Crippen molar-refractivity contribution in [3.63, 3.8) is 0 Å². The summed E-state index contributed by atoms with van der Waals surface area (Å²) in [5, 5.41) is 8.75. The van der Waals surface area contributed by atoms with Crippen LogP contribution in [-0.2, 0) is 18.4 Å². The van der Waals surface area contributed by atoms with Gasteiger partial charge in [0.2, 0.25) is 0 Å². The minimum atomic E-state index is 0.105. The SMILES string of the molecule is CCCCc1c(C(C)(C)C)nnn1CCCC. The molecule has 0 aromatic carbocycles. The van der Waals surface area contributed by atoms with Crippen molar-refractivity contribution in [3.8, 4) is 0 Å². The van der Waals surface area contributed by atoms with E-state index in [0.29, 0.717) is 0 Å². The van der Waals surface area contributed by atoms with Crippen LogP contribution in [0.25, 0.3) is 0 Å². The van der Waals surface area contributed by atoms with Crippen molar-refractivity contribution in [2.24, 2.45) is 0 Å². The monoisotopic (exact) mass is 237 g/mol. The molecule has 0 radical (unpaired) electrons. The van der Waals surface area contributed by atoms with Crippen LogP contribution in [-0.4, -0.2) is 15.0 Å². The number of hydrogen-bond acceptors (Lipinski definition) is 2. The number of aromatic nitrogens is 3. The van der Waals surface area contributed by atoms with Crippen LogP contribution in [0.3, 0.4) is 0 Å². The average molecular weight is 237 g/mol. The second-order valence-corrected chi connectivity index (χ2v) is 5.81. The average Bonchev–Trinajstić information content (AvgIpc) is 2.66. The summed E-state index contributed by atoms with van der Waals surface area (Å²) in [5.74, 6) is 0. The molecule has 1 aromatic heterocycles. The van der Waals surface area contributed by atoms with Crippen molar-refractivity contribution in [2.75, 3.05) is 0 Å². The molecule has 0 amide bonds. The van der Waals surface area contributed by atoms with E-state index in [-0.39, 0.29) is 5.41 Å². The molecule has 0 spiro atoms. The zero-order chi connectivity index (χ0) is 12.9. The van der Waals surface area contributed by atoms with Gasteiger partial charge in [-0.1, -0.05) is 52.7 Å². The summed E-state index contributed by atoms with van der Waals surface area (Å²) in [7, 11) is 0. The van der Waals surface area contributed by atoms with Crippen LogP contribution in [0.4, 0.5) is 0 Å².